The molecule has 0 aliphatic carbocycles. The molecule has 3 aromatic heterocycles. The highest BCUT2D eigenvalue weighted by Gasteiger charge is 2.50. The summed E-state index contributed by atoms with van der Waals surface area (Å²) in [4.78, 5) is 53.6. The Morgan fingerprint density at radius 3 is 2.60 bits per heavy atom. The highest BCUT2D eigenvalue weighted by Crippen LogP contribution is 2.48. The van der Waals surface area contributed by atoms with E-state index in [1.807, 2.05) is 6.08 Å². The first-order valence-corrected chi connectivity index (χ1v) is 17.0. The van der Waals surface area contributed by atoms with Crippen molar-refractivity contribution in [2.75, 3.05) is 44.6 Å². The number of carbonyl (C=O) groups excluding carboxylic acids is 2. The number of aromatic hydroxyl groups is 1. The maximum atomic E-state index is 14.4. The molecule has 1 aromatic carbocycles. The van der Waals surface area contributed by atoms with Gasteiger partial charge in [0, 0.05) is 38.9 Å². The molecule has 4 aromatic rings. The van der Waals surface area contributed by atoms with Crippen LogP contribution >= 0.6 is 11.6 Å². The number of ether oxygens (including phenoxy) is 1. The molecule has 3 aliphatic rings. The second kappa shape index (κ2) is 13.6. The number of benzene rings is 1. The zero-order chi connectivity index (χ0) is 36.9. The predicted octanol–water partition coefficient (Wildman–Crippen LogP) is 3.61. The number of rotatable bonds is 7. The van der Waals surface area contributed by atoms with Crippen LogP contribution in [0.15, 0.2) is 47.4 Å². The van der Waals surface area contributed by atoms with Gasteiger partial charge < -0.3 is 29.7 Å². The van der Waals surface area contributed by atoms with Crippen LogP contribution in [-0.2, 0) is 27.9 Å². The molecule has 6 heterocycles. The number of nitrogens with zero attached hydrogens (tertiary/aromatic N) is 7. The fourth-order valence-electron chi connectivity index (χ4n) is 7.20. The third-order valence-electron chi connectivity index (χ3n) is 9.74. The van der Waals surface area contributed by atoms with Crippen LogP contribution in [0.1, 0.15) is 65.4 Å². The first-order chi connectivity index (χ1) is 24.8. The highest BCUT2D eigenvalue weighted by molar-refractivity contribution is 6.33. The summed E-state index contributed by atoms with van der Waals surface area (Å²) in [6.07, 6.45) is -1.02. The van der Waals surface area contributed by atoms with Gasteiger partial charge in [-0.1, -0.05) is 17.7 Å². The number of halogens is 4. The number of pyridine rings is 1. The van der Waals surface area contributed by atoms with Gasteiger partial charge in [0.05, 0.1) is 40.2 Å². The fraction of sp³-hybridized carbons (Fsp3) is 0.412. The van der Waals surface area contributed by atoms with Gasteiger partial charge in [0.2, 0.25) is 11.7 Å². The second-order valence-corrected chi connectivity index (χ2v) is 13.4. The molecule has 0 saturated carbocycles. The summed E-state index contributed by atoms with van der Waals surface area (Å²) in [5, 5.41) is 26.4. The van der Waals surface area contributed by atoms with Crippen LogP contribution in [0.5, 0.6) is 5.75 Å². The fourth-order valence-corrected chi connectivity index (χ4v) is 7.43. The van der Waals surface area contributed by atoms with Gasteiger partial charge in [0.25, 0.3) is 11.5 Å². The van der Waals surface area contributed by atoms with Crippen LogP contribution < -0.4 is 10.9 Å². The number of fused-ring (bicyclic) bond motifs is 3. The zero-order valence-electron chi connectivity index (χ0n) is 27.9. The molecule has 0 bridgehead atoms. The van der Waals surface area contributed by atoms with E-state index in [0.29, 0.717) is 37.6 Å². The van der Waals surface area contributed by atoms with Crippen LogP contribution in [0.2, 0.25) is 5.02 Å². The lowest BCUT2D eigenvalue weighted by atomic mass is 9.85. The molecule has 1 atom stereocenters. The number of β-amino-alcohol motifs (C(OH)–C–C–N with tert-alkyl or cyclic N) is 1. The van der Waals surface area contributed by atoms with Gasteiger partial charge in [-0.15, -0.1) is 5.10 Å². The largest absolute Gasteiger partial charge is 0.505 e. The Bertz CT molecular complexity index is 2160. The molecule has 274 valence electrons. The van der Waals surface area contributed by atoms with Crippen molar-refractivity contribution in [2.45, 2.75) is 50.6 Å². The Morgan fingerprint density at radius 1 is 1.17 bits per heavy atom. The molecule has 0 radical (unpaired) electrons. The molecule has 1 spiro atoms. The Morgan fingerprint density at radius 2 is 1.94 bits per heavy atom. The molecule has 7 rings (SSSR count). The van der Waals surface area contributed by atoms with Crippen molar-refractivity contribution in [1.29, 1.82) is 0 Å². The minimum Gasteiger partial charge on any atom is -0.505 e. The van der Waals surface area contributed by atoms with Gasteiger partial charge in [-0.3, -0.25) is 19.3 Å². The van der Waals surface area contributed by atoms with Crippen LogP contribution in [0.25, 0.3) is 11.4 Å². The number of hydrogen-bond acceptors (Lipinski definition) is 10. The highest BCUT2D eigenvalue weighted by atomic mass is 35.5. The van der Waals surface area contributed by atoms with E-state index in [-0.39, 0.29) is 66.0 Å². The van der Waals surface area contributed by atoms with E-state index in [9.17, 15) is 37.8 Å². The average Bonchev–Trinajstić information content (AvgIpc) is 3.68. The topological polar surface area (TPSA) is 167 Å². The Balaban J connectivity index is 1.26. The third-order valence-corrected chi connectivity index (χ3v) is 10.1. The summed E-state index contributed by atoms with van der Waals surface area (Å²) >= 11 is 6.14. The van der Waals surface area contributed by atoms with Gasteiger partial charge in [0.15, 0.2) is 11.5 Å². The van der Waals surface area contributed by atoms with Crippen molar-refractivity contribution in [2.24, 2.45) is 0 Å². The lowest BCUT2D eigenvalue weighted by Crippen LogP contribution is -2.47. The summed E-state index contributed by atoms with van der Waals surface area (Å²) in [5.74, 6) is -1.01. The number of likely N-dealkylation sites (tertiary alicyclic amines) is 1. The minimum atomic E-state index is -4.62. The van der Waals surface area contributed by atoms with Crippen molar-refractivity contribution in [3.05, 3.63) is 86.3 Å². The van der Waals surface area contributed by atoms with Gasteiger partial charge in [-0.05, 0) is 62.1 Å². The maximum Gasteiger partial charge on any atom is 0.416 e. The molecule has 1 saturated heterocycles. The number of anilines is 1. The van der Waals surface area contributed by atoms with Crippen molar-refractivity contribution in [3.63, 3.8) is 0 Å². The molecular formula is C34H34ClF3N8O6. The molecule has 1 fully saturated rings. The maximum absolute atomic E-state index is 14.4. The van der Waals surface area contributed by atoms with E-state index in [0.717, 1.165) is 28.3 Å². The average molecular weight is 743 g/mol. The molecule has 0 unspecified atom stereocenters. The van der Waals surface area contributed by atoms with Crippen LogP contribution in [0.3, 0.4) is 0 Å². The molecular weight excluding hydrogens is 709 g/mol. The number of aliphatic hydroxyl groups is 1. The van der Waals surface area contributed by atoms with E-state index in [2.05, 4.69) is 20.3 Å². The summed E-state index contributed by atoms with van der Waals surface area (Å²) in [5.41, 5.74) is -1.29. The lowest BCUT2D eigenvalue weighted by molar-refractivity contribution is -0.137. The standard InChI is InChI=1S/C34H34ClF3N8O6/c1-19-28-26(33(52-19)8-13-44(14-9-33)31(51)27-24(48)3-2-10-39-27)30(50)46-32(41-29(42-46)20-6-11-43(12-7-20)15-16-47)45(28)18-25(49)40-23-5-4-21(17-22(23)35)34(36,37)38/h2-6,10,17,19,47-48H,7-9,11-16,18H2,1H3,(H,40,49)/t19-/m1/s1. The number of amides is 2. The third kappa shape index (κ3) is 6.42. The normalized spacial score (nSPS) is 18.8. The second-order valence-electron chi connectivity index (χ2n) is 13.0. The van der Waals surface area contributed by atoms with E-state index in [1.54, 1.807) is 6.92 Å². The first-order valence-electron chi connectivity index (χ1n) is 16.6. The van der Waals surface area contributed by atoms with Gasteiger partial charge in [0.1, 0.15) is 17.9 Å². The lowest BCUT2D eigenvalue weighted by Gasteiger charge is -2.39. The van der Waals surface area contributed by atoms with E-state index < -0.39 is 47.4 Å². The van der Waals surface area contributed by atoms with E-state index in [1.165, 1.54) is 27.8 Å². The first kappa shape index (κ1) is 35.6. The molecule has 52 heavy (non-hydrogen) atoms. The van der Waals surface area contributed by atoms with Crippen LogP contribution in [0.4, 0.5) is 18.9 Å². The molecule has 3 aliphatic heterocycles. The summed E-state index contributed by atoms with van der Waals surface area (Å²) < 4.78 is 48.9. The van der Waals surface area contributed by atoms with Crippen LogP contribution in [-0.4, -0.2) is 95.3 Å². The number of hydrogen-bond donors (Lipinski definition) is 3. The van der Waals surface area contributed by atoms with Gasteiger partial charge >= 0.3 is 6.18 Å². The molecule has 3 N–H and O–H groups in total. The summed E-state index contributed by atoms with van der Waals surface area (Å²) in [6.45, 7) is 3.37. The van der Waals surface area contributed by atoms with Crippen molar-refractivity contribution in [3.8, 4) is 5.75 Å². The van der Waals surface area contributed by atoms with Gasteiger partial charge in [-0.2, -0.15) is 22.7 Å². The Kier molecular flexibility index (Phi) is 9.31. The summed E-state index contributed by atoms with van der Waals surface area (Å²) in [6, 6.07) is 5.49. The minimum absolute atomic E-state index is 0.0141. The smallest absolute Gasteiger partial charge is 0.416 e. The van der Waals surface area contributed by atoms with E-state index >= 15 is 0 Å². The SMILES string of the molecule is C[C@H]1OC2(CCN(C(=O)c3ncccc3O)CC2)c2c1n(CC(=O)Nc1ccc(C(F)(F)F)cc1Cl)c1nc(C3=CCN(CCO)CC3)nn1c2=O. The van der Waals surface area contributed by atoms with Gasteiger partial charge in [-0.25, -0.2) is 4.98 Å². The summed E-state index contributed by atoms with van der Waals surface area (Å²) in [7, 11) is 0. The quantitative estimate of drug-likeness (QED) is 0.255. The van der Waals surface area contributed by atoms with Crippen molar-refractivity contribution >= 4 is 40.5 Å². The number of piperidine rings is 1. The number of nitrogens with one attached hydrogen (secondary N) is 1. The molecule has 14 nitrogen and oxygen atoms in total. The van der Waals surface area contributed by atoms with Crippen LogP contribution in [0, 0.1) is 0 Å². The molecule has 2 amide bonds. The predicted molar refractivity (Wildman–Crippen MR) is 181 cm³/mol. The van der Waals surface area contributed by atoms with Crippen molar-refractivity contribution in [1.82, 2.24) is 33.9 Å². The number of aromatic nitrogens is 5. The zero-order valence-corrected chi connectivity index (χ0v) is 28.6. The molecule has 18 heteroatoms. The Hall–Kier alpha value is -4.84. The number of alkyl halides is 3. The Labute approximate surface area is 299 Å². The van der Waals surface area contributed by atoms with Crippen molar-refractivity contribution < 1.29 is 37.7 Å². The monoisotopic (exact) mass is 742 g/mol. The van der Waals surface area contributed by atoms with E-state index in [4.69, 9.17) is 21.3 Å². The number of aliphatic hydroxyl groups excluding tert-OH is 1. The number of carbonyl (C=O) groups is 2.